The fourth-order valence-corrected chi connectivity index (χ4v) is 3.08. The standard InChI is InChI=1S/C16H19ClN2/c17-14-7-5-12(6-8-14)11-19-16-15-4-2-1-3-13(15)9-10-18-16/h1-4,9-10,12,14H,5-8,11H2,(H,18,19). The Hall–Kier alpha value is -1.28. The molecule has 0 bridgehead atoms. The first-order chi connectivity index (χ1) is 9.33. The topological polar surface area (TPSA) is 24.9 Å². The molecule has 3 heteroatoms. The summed E-state index contributed by atoms with van der Waals surface area (Å²) >= 11 is 6.14. The molecule has 1 aliphatic carbocycles. The van der Waals surface area contributed by atoms with Gasteiger partial charge in [0.05, 0.1) is 0 Å². The van der Waals surface area contributed by atoms with Gasteiger partial charge in [-0.1, -0.05) is 24.3 Å². The van der Waals surface area contributed by atoms with Crippen LogP contribution in [0.25, 0.3) is 10.8 Å². The molecule has 0 atom stereocenters. The van der Waals surface area contributed by atoms with Gasteiger partial charge in [0.2, 0.25) is 0 Å². The number of nitrogens with zero attached hydrogens (tertiary/aromatic N) is 1. The van der Waals surface area contributed by atoms with Gasteiger partial charge >= 0.3 is 0 Å². The van der Waals surface area contributed by atoms with E-state index >= 15 is 0 Å². The maximum atomic E-state index is 6.14. The molecule has 0 spiro atoms. The van der Waals surface area contributed by atoms with Crippen LogP contribution in [0.2, 0.25) is 0 Å². The van der Waals surface area contributed by atoms with Crippen molar-refractivity contribution in [1.29, 1.82) is 0 Å². The van der Waals surface area contributed by atoms with Gasteiger partial charge in [0.15, 0.2) is 0 Å². The lowest BCUT2D eigenvalue weighted by Gasteiger charge is -2.25. The first kappa shape index (κ1) is 12.7. The monoisotopic (exact) mass is 274 g/mol. The van der Waals surface area contributed by atoms with Gasteiger partial charge in [-0.15, -0.1) is 11.6 Å². The fourth-order valence-electron chi connectivity index (χ4n) is 2.83. The van der Waals surface area contributed by atoms with E-state index < -0.39 is 0 Å². The number of aromatic nitrogens is 1. The van der Waals surface area contributed by atoms with Crippen LogP contribution in [0.5, 0.6) is 0 Å². The number of fused-ring (bicyclic) bond motifs is 1. The van der Waals surface area contributed by atoms with Crippen LogP contribution in [0, 0.1) is 5.92 Å². The lowest BCUT2D eigenvalue weighted by Crippen LogP contribution is -2.21. The molecule has 2 nitrogen and oxygen atoms in total. The largest absolute Gasteiger partial charge is 0.369 e. The molecule has 0 amide bonds. The van der Waals surface area contributed by atoms with Gasteiger partial charge in [-0.25, -0.2) is 4.98 Å². The van der Waals surface area contributed by atoms with E-state index in [0.717, 1.165) is 31.1 Å². The van der Waals surface area contributed by atoms with Crippen LogP contribution in [-0.4, -0.2) is 16.9 Å². The van der Waals surface area contributed by atoms with Crippen molar-refractivity contribution in [3.63, 3.8) is 0 Å². The summed E-state index contributed by atoms with van der Waals surface area (Å²) in [4.78, 5) is 4.47. The molecule has 1 fully saturated rings. The Morgan fingerprint density at radius 2 is 1.89 bits per heavy atom. The van der Waals surface area contributed by atoms with Gasteiger partial charge in [-0.2, -0.15) is 0 Å². The molecular weight excluding hydrogens is 256 g/mol. The Morgan fingerprint density at radius 1 is 1.11 bits per heavy atom. The molecule has 0 radical (unpaired) electrons. The van der Waals surface area contributed by atoms with E-state index in [0.29, 0.717) is 5.38 Å². The number of rotatable bonds is 3. The second-order valence-corrected chi connectivity index (χ2v) is 6.00. The summed E-state index contributed by atoms with van der Waals surface area (Å²) in [5.74, 6) is 1.74. The summed E-state index contributed by atoms with van der Waals surface area (Å²) in [5.41, 5.74) is 0. The number of hydrogen-bond donors (Lipinski definition) is 1. The van der Waals surface area contributed by atoms with Gasteiger partial charge in [0.1, 0.15) is 5.82 Å². The smallest absolute Gasteiger partial charge is 0.133 e. The average Bonchev–Trinajstić information content (AvgIpc) is 2.47. The van der Waals surface area contributed by atoms with Gasteiger partial charge in [-0.05, 0) is 43.1 Å². The van der Waals surface area contributed by atoms with Crippen LogP contribution in [-0.2, 0) is 0 Å². The first-order valence-corrected chi connectivity index (χ1v) is 7.48. The highest BCUT2D eigenvalue weighted by atomic mass is 35.5. The molecule has 3 rings (SSSR count). The van der Waals surface area contributed by atoms with Crippen LogP contribution in [0.15, 0.2) is 36.5 Å². The fraction of sp³-hybridized carbons (Fsp3) is 0.438. The van der Waals surface area contributed by atoms with Crippen LogP contribution in [0.1, 0.15) is 25.7 Å². The van der Waals surface area contributed by atoms with Crippen molar-refractivity contribution in [2.24, 2.45) is 5.92 Å². The molecule has 0 unspecified atom stereocenters. The third kappa shape index (κ3) is 3.01. The number of nitrogens with one attached hydrogen (secondary N) is 1. The summed E-state index contributed by atoms with van der Waals surface area (Å²) < 4.78 is 0. The molecule has 1 aromatic carbocycles. The predicted molar refractivity (Wildman–Crippen MR) is 81.8 cm³/mol. The highest BCUT2D eigenvalue weighted by Crippen LogP contribution is 2.28. The van der Waals surface area contributed by atoms with E-state index in [4.69, 9.17) is 11.6 Å². The van der Waals surface area contributed by atoms with Crippen molar-refractivity contribution >= 4 is 28.2 Å². The molecule has 0 saturated heterocycles. The van der Waals surface area contributed by atoms with Crippen LogP contribution >= 0.6 is 11.6 Å². The number of anilines is 1. The highest BCUT2D eigenvalue weighted by molar-refractivity contribution is 6.20. The van der Waals surface area contributed by atoms with Crippen molar-refractivity contribution in [1.82, 2.24) is 4.98 Å². The molecule has 1 aromatic heterocycles. The third-order valence-corrected chi connectivity index (χ3v) is 4.44. The zero-order valence-corrected chi connectivity index (χ0v) is 11.7. The van der Waals surface area contributed by atoms with Crippen molar-refractivity contribution < 1.29 is 0 Å². The second kappa shape index (κ2) is 5.79. The number of hydrogen-bond acceptors (Lipinski definition) is 2. The summed E-state index contributed by atoms with van der Waals surface area (Å²) in [6.07, 6.45) is 6.63. The quantitative estimate of drug-likeness (QED) is 0.837. The molecule has 2 aromatic rings. The Bertz CT molecular complexity index is 542. The Balaban J connectivity index is 1.68. The third-order valence-electron chi connectivity index (χ3n) is 4.01. The summed E-state index contributed by atoms with van der Waals surface area (Å²) in [5, 5.41) is 6.36. The number of benzene rings is 1. The lowest BCUT2D eigenvalue weighted by molar-refractivity contribution is 0.378. The maximum absolute atomic E-state index is 6.14. The van der Waals surface area contributed by atoms with Crippen LogP contribution in [0.4, 0.5) is 5.82 Å². The second-order valence-electron chi connectivity index (χ2n) is 5.38. The van der Waals surface area contributed by atoms with E-state index in [1.54, 1.807) is 0 Å². The number of halogens is 1. The molecule has 19 heavy (non-hydrogen) atoms. The van der Waals surface area contributed by atoms with Crippen LogP contribution in [0.3, 0.4) is 0 Å². The molecule has 1 saturated carbocycles. The highest BCUT2D eigenvalue weighted by Gasteiger charge is 2.19. The molecule has 1 heterocycles. The minimum absolute atomic E-state index is 0.395. The Labute approximate surface area is 119 Å². The lowest BCUT2D eigenvalue weighted by atomic mass is 9.89. The van der Waals surface area contributed by atoms with Crippen molar-refractivity contribution in [2.75, 3.05) is 11.9 Å². The molecule has 0 aliphatic heterocycles. The number of alkyl halides is 1. The van der Waals surface area contributed by atoms with E-state index in [1.807, 2.05) is 6.20 Å². The SMILES string of the molecule is ClC1CCC(CNc2nccc3ccccc23)CC1. The summed E-state index contributed by atoms with van der Waals surface area (Å²) in [7, 11) is 0. The normalized spacial score (nSPS) is 23.4. The molecule has 1 N–H and O–H groups in total. The van der Waals surface area contributed by atoms with Gasteiger partial charge in [-0.3, -0.25) is 0 Å². The average molecular weight is 275 g/mol. The van der Waals surface area contributed by atoms with E-state index in [1.165, 1.54) is 23.6 Å². The van der Waals surface area contributed by atoms with E-state index in [2.05, 4.69) is 40.6 Å². The number of pyridine rings is 1. The zero-order chi connectivity index (χ0) is 13.1. The van der Waals surface area contributed by atoms with Gasteiger partial charge in [0.25, 0.3) is 0 Å². The van der Waals surface area contributed by atoms with Crippen molar-refractivity contribution in [2.45, 2.75) is 31.1 Å². The van der Waals surface area contributed by atoms with Crippen molar-refractivity contribution in [3.05, 3.63) is 36.5 Å². The Morgan fingerprint density at radius 3 is 2.74 bits per heavy atom. The zero-order valence-electron chi connectivity index (χ0n) is 11.0. The van der Waals surface area contributed by atoms with Gasteiger partial charge in [0, 0.05) is 23.5 Å². The molecular formula is C16H19ClN2. The predicted octanol–water partition coefficient (Wildman–Crippen LogP) is 4.44. The first-order valence-electron chi connectivity index (χ1n) is 7.04. The minimum Gasteiger partial charge on any atom is -0.369 e. The van der Waals surface area contributed by atoms with E-state index in [-0.39, 0.29) is 0 Å². The minimum atomic E-state index is 0.395. The van der Waals surface area contributed by atoms with Gasteiger partial charge < -0.3 is 5.32 Å². The summed E-state index contributed by atoms with van der Waals surface area (Å²) in [6, 6.07) is 10.4. The molecule has 1 aliphatic rings. The van der Waals surface area contributed by atoms with Crippen molar-refractivity contribution in [3.8, 4) is 0 Å². The summed E-state index contributed by atoms with van der Waals surface area (Å²) in [6.45, 7) is 1.00. The Kier molecular flexibility index (Phi) is 3.88. The van der Waals surface area contributed by atoms with E-state index in [9.17, 15) is 0 Å². The maximum Gasteiger partial charge on any atom is 0.133 e. The molecule has 100 valence electrons. The van der Waals surface area contributed by atoms with Crippen LogP contribution < -0.4 is 5.32 Å².